The quantitative estimate of drug-likeness (QED) is 0.684. The molecule has 108 valence electrons. The van der Waals surface area contributed by atoms with Crippen molar-refractivity contribution < 1.29 is 16.8 Å². The van der Waals surface area contributed by atoms with E-state index in [2.05, 4.69) is 40.6 Å². The van der Waals surface area contributed by atoms with Crippen molar-refractivity contribution in [3.05, 3.63) is 0 Å². The number of hydrogen-bond acceptors (Lipinski definition) is 10. The lowest BCUT2D eigenvalue weighted by molar-refractivity contribution is 0.592. The van der Waals surface area contributed by atoms with Crippen molar-refractivity contribution in [2.75, 3.05) is 12.5 Å². The van der Waals surface area contributed by atoms with E-state index in [0.29, 0.717) is 0 Å². The number of rotatable bonds is 4. The Hall–Kier alpha value is -2.22. The topological polar surface area (TPSA) is 176 Å². The van der Waals surface area contributed by atoms with Crippen LogP contribution in [-0.2, 0) is 19.7 Å². The van der Waals surface area contributed by atoms with Gasteiger partial charge in [-0.3, -0.25) is 0 Å². The third-order valence-electron chi connectivity index (χ3n) is 1.84. The number of nitrogens with one attached hydrogen (secondary N) is 2. The average Bonchev–Trinajstić information content (AvgIpc) is 2.94. The Morgan fingerprint density at radius 2 is 1.15 bits per heavy atom. The molecule has 2 aromatic heterocycles. The number of aromatic nitrogens is 6. The number of aromatic amines is 2. The van der Waals surface area contributed by atoms with E-state index in [1.54, 1.807) is 0 Å². The Balaban J connectivity index is 2.22. The van der Waals surface area contributed by atoms with Crippen molar-refractivity contribution in [3.63, 3.8) is 0 Å². The summed E-state index contributed by atoms with van der Waals surface area (Å²) >= 11 is 0. The van der Waals surface area contributed by atoms with Crippen molar-refractivity contribution >= 4 is 31.6 Å². The highest BCUT2D eigenvalue weighted by Crippen LogP contribution is 2.13. The summed E-state index contributed by atoms with van der Waals surface area (Å²) < 4.78 is 44.5. The lowest BCUT2D eigenvalue weighted by Gasteiger charge is -1.85. The molecule has 2 heterocycles. The van der Waals surface area contributed by atoms with Gasteiger partial charge in [-0.1, -0.05) is 0 Å². The van der Waals surface area contributed by atoms with Crippen LogP contribution in [0.5, 0.6) is 0 Å². The molecule has 0 atom stereocenters. The molecule has 14 heteroatoms. The highest BCUT2D eigenvalue weighted by atomic mass is 32.2. The molecule has 0 aliphatic rings. The van der Waals surface area contributed by atoms with Gasteiger partial charge in [0.1, 0.15) is 0 Å². The Morgan fingerprint density at radius 3 is 1.40 bits per heavy atom. The summed E-state index contributed by atoms with van der Waals surface area (Å²) in [5.41, 5.74) is 0. The van der Waals surface area contributed by atoms with Gasteiger partial charge in [-0.2, -0.15) is 9.97 Å². The molecule has 0 spiro atoms. The maximum Gasteiger partial charge on any atom is 0.288 e. The van der Waals surface area contributed by atoms with Crippen molar-refractivity contribution in [1.82, 2.24) is 30.4 Å². The zero-order valence-electron chi connectivity index (χ0n) is 10.1. The van der Waals surface area contributed by atoms with Gasteiger partial charge in [0.25, 0.3) is 11.9 Å². The van der Waals surface area contributed by atoms with Crippen LogP contribution < -0.4 is 0 Å². The lowest BCUT2D eigenvalue weighted by atomic mass is 11.0. The van der Waals surface area contributed by atoms with Crippen molar-refractivity contribution in [2.24, 2.45) is 10.2 Å². The Bertz CT molecular complexity index is 788. The monoisotopic (exact) mass is 320 g/mol. The molecule has 2 rings (SSSR count). The van der Waals surface area contributed by atoms with Gasteiger partial charge in [-0.25, -0.2) is 27.0 Å². The standard InChI is InChI=1S/C6H8N8O4S2/c1-19(15,16)5-7-3(11-13-5)9-10-4-8-6(14-12-4)20(2,17)18/h1-2H3,(H,7,11,13)(H,8,12,14)/b10-9+. The molecule has 0 unspecified atom stereocenters. The fourth-order valence-corrected chi connectivity index (χ4v) is 1.91. The summed E-state index contributed by atoms with van der Waals surface area (Å²) in [5.74, 6) is -0.507. The summed E-state index contributed by atoms with van der Waals surface area (Å²) in [4.78, 5) is 7.11. The van der Waals surface area contributed by atoms with Gasteiger partial charge in [0, 0.05) is 12.5 Å². The summed E-state index contributed by atoms with van der Waals surface area (Å²) in [6.07, 6.45) is 1.89. The Morgan fingerprint density at radius 1 is 0.800 bits per heavy atom. The number of hydrogen-bond donors (Lipinski definition) is 2. The van der Waals surface area contributed by atoms with Crippen molar-refractivity contribution in [2.45, 2.75) is 10.3 Å². The zero-order valence-corrected chi connectivity index (χ0v) is 11.8. The molecule has 0 fully saturated rings. The number of sulfone groups is 2. The summed E-state index contributed by atoms with van der Waals surface area (Å²) in [6.45, 7) is 0. The van der Waals surface area contributed by atoms with E-state index in [-0.39, 0.29) is 22.2 Å². The molecule has 2 N–H and O–H groups in total. The number of azo groups is 1. The zero-order chi connectivity index (χ0) is 15.0. The highest BCUT2D eigenvalue weighted by Gasteiger charge is 2.14. The van der Waals surface area contributed by atoms with Gasteiger partial charge < -0.3 is 0 Å². The van der Waals surface area contributed by atoms with E-state index in [1.807, 2.05) is 0 Å². The first-order valence-corrected chi connectivity index (χ1v) is 8.61. The minimum atomic E-state index is -3.53. The first-order valence-electron chi connectivity index (χ1n) is 4.83. The molecule has 0 radical (unpaired) electrons. The Labute approximate surface area is 112 Å². The number of nitrogens with zero attached hydrogens (tertiary/aromatic N) is 6. The first-order chi connectivity index (χ1) is 9.16. The second-order valence-corrected chi connectivity index (χ2v) is 7.49. The highest BCUT2D eigenvalue weighted by molar-refractivity contribution is 7.90. The van der Waals surface area contributed by atoms with Gasteiger partial charge in [-0.05, 0) is 0 Å². The van der Waals surface area contributed by atoms with Crippen LogP contribution in [0, 0.1) is 0 Å². The number of H-pyrrole nitrogens is 2. The normalized spacial score (nSPS) is 13.1. The van der Waals surface area contributed by atoms with E-state index in [0.717, 1.165) is 12.5 Å². The maximum atomic E-state index is 11.1. The van der Waals surface area contributed by atoms with Gasteiger partial charge in [0.15, 0.2) is 0 Å². The molecule has 0 saturated carbocycles. The third kappa shape index (κ3) is 3.21. The van der Waals surface area contributed by atoms with Crippen molar-refractivity contribution in [1.29, 1.82) is 0 Å². The molecule has 20 heavy (non-hydrogen) atoms. The molecule has 12 nitrogen and oxygen atoms in total. The maximum absolute atomic E-state index is 11.1. The molecule has 0 aromatic carbocycles. The molecule has 0 amide bonds. The molecule has 0 saturated heterocycles. The fraction of sp³-hybridized carbons (Fsp3) is 0.333. The molecule has 2 aromatic rings. The Kier molecular flexibility index (Phi) is 3.34. The SMILES string of the molecule is CS(=O)(=O)c1nc(/N=N/c2n[nH]c(S(C)(=O)=O)n2)n[nH]1. The minimum absolute atomic E-state index is 0.254. The van der Waals surface area contributed by atoms with Crippen LogP contribution in [-0.4, -0.2) is 59.7 Å². The largest absolute Gasteiger partial charge is 0.288 e. The molecule has 0 bridgehead atoms. The first kappa shape index (κ1) is 14.2. The molecular formula is C6H8N8O4S2. The van der Waals surface area contributed by atoms with Gasteiger partial charge >= 0.3 is 0 Å². The van der Waals surface area contributed by atoms with E-state index in [4.69, 9.17) is 0 Å². The van der Waals surface area contributed by atoms with Crippen LogP contribution in [0.15, 0.2) is 20.5 Å². The van der Waals surface area contributed by atoms with Crippen LogP contribution in [0.4, 0.5) is 11.9 Å². The van der Waals surface area contributed by atoms with Crippen LogP contribution >= 0.6 is 0 Å². The third-order valence-corrected chi connectivity index (χ3v) is 3.61. The molecular weight excluding hydrogens is 312 g/mol. The second-order valence-electron chi connectivity index (χ2n) is 3.63. The summed E-state index contributed by atoms with van der Waals surface area (Å²) in [6, 6.07) is 0. The summed E-state index contributed by atoms with van der Waals surface area (Å²) in [5, 5.41) is 17.5. The van der Waals surface area contributed by atoms with Crippen LogP contribution in [0.1, 0.15) is 0 Å². The van der Waals surface area contributed by atoms with Crippen LogP contribution in [0.2, 0.25) is 0 Å². The second kappa shape index (κ2) is 4.71. The average molecular weight is 320 g/mol. The summed E-state index contributed by atoms with van der Waals surface area (Å²) in [7, 11) is -7.06. The van der Waals surface area contributed by atoms with Crippen molar-refractivity contribution in [3.8, 4) is 0 Å². The minimum Gasteiger partial charge on any atom is -0.248 e. The van der Waals surface area contributed by atoms with E-state index >= 15 is 0 Å². The van der Waals surface area contributed by atoms with Gasteiger partial charge in [0.2, 0.25) is 30.0 Å². The smallest absolute Gasteiger partial charge is 0.248 e. The van der Waals surface area contributed by atoms with Crippen LogP contribution in [0.3, 0.4) is 0 Å². The molecule has 0 aliphatic carbocycles. The van der Waals surface area contributed by atoms with Gasteiger partial charge in [-0.15, -0.1) is 20.4 Å². The fourth-order valence-electron chi connectivity index (χ4n) is 0.988. The predicted molar refractivity (Wildman–Crippen MR) is 63.2 cm³/mol. The van der Waals surface area contributed by atoms with E-state index < -0.39 is 19.7 Å². The van der Waals surface area contributed by atoms with E-state index in [1.165, 1.54) is 0 Å². The van der Waals surface area contributed by atoms with E-state index in [9.17, 15) is 16.8 Å². The predicted octanol–water partition coefficient (Wildman–Crippen LogP) is -0.855. The lowest BCUT2D eigenvalue weighted by Crippen LogP contribution is -1.99. The van der Waals surface area contributed by atoms with Gasteiger partial charge in [0.05, 0.1) is 0 Å². The van der Waals surface area contributed by atoms with Crippen LogP contribution in [0.25, 0.3) is 0 Å². The molecule has 0 aliphatic heterocycles.